The molecule has 4 nitrogen and oxygen atoms in total. The number of hydrogen-bond donors (Lipinski definition) is 2. The molecule has 0 aliphatic heterocycles. The van der Waals surface area contributed by atoms with E-state index >= 15 is 0 Å². The molecule has 0 aliphatic rings. The van der Waals surface area contributed by atoms with Gasteiger partial charge in [-0.25, -0.2) is 0 Å². The van der Waals surface area contributed by atoms with Gasteiger partial charge >= 0.3 is 0 Å². The van der Waals surface area contributed by atoms with Crippen LogP contribution in [0.4, 0.5) is 11.4 Å². The zero-order chi connectivity index (χ0) is 33.3. The minimum Gasteiger partial charge on any atom is -0.383 e. The summed E-state index contributed by atoms with van der Waals surface area (Å²) in [4.78, 5) is 0. The van der Waals surface area contributed by atoms with Crippen LogP contribution in [-0.2, 0) is 0 Å². The molecule has 0 saturated heterocycles. The maximum absolute atomic E-state index is 9.61. The summed E-state index contributed by atoms with van der Waals surface area (Å²) in [6.45, 7) is 10.6. The molecule has 0 fully saturated rings. The Balaban J connectivity index is 2.32. The van der Waals surface area contributed by atoms with Gasteiger partial charge < -0.3 is 10.6 Å². The average molecular weight is 633 g/mol. The zero-order valence-corrected chi connectivity index (χ0v) is 30.5. The van der Waals surface area contributed by atoms with Crippen LogP contribution in [0.2, 0.25) is 0 Å². The Kier molecular flexibility index (Phi) is 28.2. The number of benzene rings is 1. The van der Waals surface area contributed by atoms with Gasteiger partial charge in [0.1, 0.15) is 17.7 Å². The fourth-order valence-corrected chi connectivity index (χ4v) is 6.45. The molecule has 1 aromatic rings. The van der Waals surface area contributed by atoms with Crippen LogP contribution in [-0.4, -0.2) is 13.1 Å². The first kappa shape index (κ1) is 41.6. The highest BCUT2D eigenvalue weighted by Gasteiger charge is 2.09. The van der Waals surface area contributed by atoms with Crippen molar-refractivity contribution in [1.29, 1.82) is 10.5 Å². The maximum Gasteiger partial charge on any atom is 0.139 e. The zero-order valence-electron chi connectivity index (χ0n) is 30.5. The largest absolute Gasteiger partial charge is 0.383 e. The highest BCUT2D eigenvalue weighted by Crippen LogP contribution is 2.17. The van der Waals surface area contributed by atoms with Crippen LogP contribution in [0.1, 0.15) is 194 Å². The summed E-state index contributed by atoms with van der Waals surface area (Å²) in [5.41, 5.74) is 1.97. The monoisotopic (exact) mass is 633 g/mol. The molecule has 260 valence electrons. The maximum atomic E-state index is 9.61. The number of rotatable bonds is 32. The van der Waals surface area contributed by atoms with Gasteiger partial charge in [-0.2, -0.15) is 10.5 Å². The summed E-state index contributed by atoms with van der Waals surface area (Å²) in [6.07, 6.45) is 37.8. The summed E-state index contributed by atoms with van der Waals surface area (Å²) in [6, 6.07) is 7.99. The molecule has 0 saturated carbocycles. The van der Waals surface area contributed by atoms with Crippen molar-refractivity contribution >= 4 is 23.5 Å². The Morgan fingerprint density at radius 2 is 0.783 bits per heavy atom. The highest BCUT2D eigenvalue weighted by atomic mass is 15.0. The Labute approximate surface area is 285 Å². The number of hydrogen-bond acceptors (Lipinski definition) is 4. The van der Waals surface area contributed by atoms with Crippen LogP contribution in [0.15, 0.2) is 12.1 Å². The van der Waals surface area contributed by atoms with Gasteiger partial charge in [0, 0.05) is 18.3 Å². The molecule has 4 heteroatoms. The van der Waals surface area contributed by atoms with E-state index in [9.17, 15) is 10.5 Å². The van der Waals surface area contributed by atoms with Gasteiger partial charge in [0.15, 0.2) is 0 Å². The molecule has 0 heterocycles. The molecular weight excluding hydrogens is 560 g/mol. The highest BCUT2D eigenvalue weighted by molar-refractivity contribution is 5.81. The Morgan fingerprint density at radius 1 is 0.478 bits per heavy atom. The van der Waals surface area contributed by atoms with E-state index in [1.54, 1.807) is 0 Å². The molecule has 0 unspecified atom stereocenters. The quantitative estimate of drug-likeness (QED) is 0.0775. The number of nitriles is 2. The third kappa shape index (κ3) is 21.4. The molecule has 0 aromatic heterocycles. The Morgan fingerprint density at radius 3 is 1.11 bits per heavy atom. The topological polar surface area (TPSA) is 71.6 Å². The van der Waals surface area contributed by atoms with Crippen molar-refractivity contribution in [2.45, 2.75) is 194 Å². The minimum absolute atomic E-state index is 0.156. The second kappa shape index (κ2) is 31.2. The van der Waals surface area contributed by atoms with E-state index in [0.717, 1.165) is 42.5 Å². The van der Waals surface area contributed by atoms with Crippen molar-refractivity contribution < 1.29 is 0 Å². The van der Waals surface area contributed by atoms with Gasteiger partial charge in [0.05, 0.1) is 11.4 Å². The first-order chi connectivity index (χ1) is 22.7. The fraction of sp³-hybridized carbons (Fsp3) is 0.762. The summed E-state index contributed by atoms with van der Waals surface area (Å²) < 4.78 is 0. The summed E-state index contributed by atoms with van der Waals surface area (Å²) >= 11 is 0. The molecule has 0 bridgehead atoms. The average Bonchev–Trinajstić information content (AvgIpc) is 3.06. The van der Waals surface area contributed by atoms with Crippen LogP contribution in [0.25, 0.3) is 12.2 Å². The van der Waals surface area contributed by atoms with Gasteiger partial charge in [0.25, 0.3) is 0 Å². The number of unbranched alkanes of at least 4 members (excludes halogenated alkanes) is 26. The number of nitrogens with one attached hydrogen (secondary N) is 2. The van der Waals surface area contributed by atoms with Gasteiger partial charge in [-0.1, -0.05) is 200 Å². The molecule has 0 aliphatic carbocycles. The van der Waals surface area contributed by atoms with Gasteiger partial charge in [0.2, 0.25) is 0 Å². The smallest absolute Gasteiger partial charge is 0.139 e. The molecule has 0 atom stereocenters. The molecule has 1 rings (SSSR count). The van der Waals surface area contributed by atoms with Crippen molar-refractivity contribution in [3.63, 3.8) is 0 Å². The lowest BCUT2D eigenvalue weighted by Gasteiger charge is -2.16. The molecule has 0 amide bonds. The molecule has 2 N–H and O–H groups in total. The minimum atomic E-state index is 0.156. The van der Waals surface area contributed by atoms with Crippen molar-refractivity contribution in [3.8, 4) is 12.1 Å². The van der Waals surface area contributed by atoms with Crippen LogP contribution in [0.5, 0.6) is 0 Å². The van der Waals surface area contributed by atoms with E-state index in [-0.39, 0.29) is 5.57 Å². The molecular formula is C42H72N4. The first-order valence-corrected chi connectivity index (χ1v) is 19.8. The lowest BCUT2D eigenvalue weighted by Crippen LogP contribution is -2.23. The second-order valence-electron chi connectivity index (χ2n) is 13.7. The van der Waals surface area contributed by atoms with Crippen molar-refractivity contribution in [2.24, 2.45) is 0 Å². The van der Waals surface area contributed by atoms with E-state index in [2.05, 4.69) is 43.2 Å². The van der Waals surface area contributed by atoms with E-state index < -0.39 is 0 Å². The van der Waals surface area contributed by atoms with Crippen LogP contribution >= 0.6 is 0 Å². The third-order valence-corrected chi connectivity index (χ3v) is 9.45. The van der Waals surface area contributed by atoms with E-state index in [1.807, 2.05) is 12.1 Å². The standard InChI is InChI=1S/C42H72N4/c1-4-6-8-10-12-14-16-18-20-22-24-26-28-30-34-45-41-38(3)32-33-40(39(36-43)37-44)42(41)46-35-31-29-27-25-23-21-19-17-15-13-11-9-7-5-2/h32-33,45-46H,3-31,34-35H2,1-2H3. The lowest BCUT2D eigenvalue weighted by molar-refractivity contribution is 0.537. The predicted molar refractivity (Wildman–Crippen MR) is 203 cm³/mol. The fourth-order valence-electron chi connectivity index (χ4n) is 6.45. The molecule has 0 spiro atoms. The van der Waals surface area contributed by atoms with Crippen LogP contribution in [0.3, 0.4) is 0 Å². The lowest BCUT2D eigenvalue weighted by atomic mass is 10.0. The molecule has 1 aromatic carbocycles. The molecule has 0 radical (unpaired) electrons. The van der Waals surface area contributed by atoms with Crippen molar-refractivity contribution in [1.82, 2.24) is 0 Å². The van der Waals surface area contributed by atoms with Gasteiger partial charge in [-0.3, -0.25) is 0 Å². The van der Waals surface area contributed by atoms with Gasteiger partial charge in [-0.15, -0.1) is 0 Å². The second-order valence-corrected chi connectivity index (χ2v) is 13.7. The Bertz CT molecular complexity index is 1030. The normalized spacial score (nSPS) is 10.9. The van der Waals surface area contributed by atoms with E-state index in [4.69, 9.17) is 0 Å². The van der Waals surface area contributed by atoms with Gasteiger partial charge in [-0.05, 0) is 18.1 Å². The number of anilines is 2. The summed E-state index contributed by atoms with van der Waals surface area (Å²) in [7, 11) is 0. The molecule has 46 heavy (non-hydrogen) atoms. The first-order valence-electron chi connectivity index (χ1n) is 19.8. The number of nitrogens with zero attached hydrogens (tertiary/aromatic N) is 2. The van der Waals surface area contributed by atoms with Crippen LogP contribution in [0, 0.1) is 22.7 Å². The summed E-state index contributed by atoms with van der Waals surface area (Å²) in [5, 5.41) is 28.0. The third-order valence-electron chi connectivity index (χ3n) is 9.45. The predicted octanol–water partition coefficient (Wildman–Crippen LogP) is 12.1. The van der Waals surface area contributed by atoms with E-state index in [0.29, 0.717) is 5.22 Å². The summed E-state index contributed by atoms with van der Waals surface area (Å²) in [5.74, 6) is 0. The van der Waals surface area contributed by atoms with Crippen LogP contribution < -0.4 is 21.1 Å². The SMILES string of the molecule is C=c1ccc(=C(C#N)C#N)c(NCCCCCCCCCCCCCCCC)c1NCCCCCCCCCCCCCCCC. The van der Waals surface area contributed by atoms with Crippen molar-refractivity contribution in [3.05, 3.63) is 22.6 Å². The van der Waals surface area contributed by atoms with Crippen molar-refractivity contribution in [2.75, 3.05) is 23.7 Å². The van der Waals surface area contributed by atoms with E-state index in [1.165, 1.54) is 167 Å². The Hall–Kier alpha value is -2.46.